The first-order chi connectivity index (χ1) is 0. The molecule has 0 amide bonds. The Kier molecular flexibility index (Phi) is 193. The molecule has 1 radical (unpaired) electrons. The second-order valence-electron chi connectivity index (χ2n) is 0. The van der Waals surface area contributed by atoms with E-state index in [1.165, 1.54) is 0 Å². The van der Waals surface area contributed by atoms with Crippen LogP contribution in [-0.4, -0.2) is 0 Å². The average Bonchev–Trinajstić information content (AvgIpc) is 0. The third-order valence-electron chi connectivity index (χ3n) is 0. The van der Waals surface area contributed by atoms with Gasteiger partial charge in [-0.15, -0.1) is 0 Å². The third kappa shape index (κ3) is 9.03. The van der Waals surface area contributed by atoms with Crippen LogP contribution in [-0.2, 0) is 50.6 Å². The van der Waals surface area contributed by atoms with Gasteiger partial charge in [0.1, 0.15) is 0 Å². The van der Waals surface area contributed by atoms with Crippen molar-refractivity contribution < 1.29 is 50.6 Å². The van der Waals surface area contributed by atoms with E-state index in [1.807, 2.05) is 0 Å². The average molecular weight is 212 g/mol. The summed E-state index contributed by atoms with van der Waals surface area (Å²) in [5.41, 5.74) is 0. The van der Waals surface area contributed by atoms with Crippen molar-refractivity contribution in [1.82, 2.24) is 0 Å². The van der Waals surface area contributed by atoms with Crippen LogP contribution < -0.4 is 0 Å². The van der Waals surface area contributed by atoms with Crippen LogP contribution in [0.2, 0.25) is 0 Å². The van der Waals surface area contributed by atoms with Gasteiger partial charge in [0.15, 0.2) is 0 Å². The zero-order valence-electron chi connectivity index (χ0n) is 1.68. The second kappa shape index (κ2) is 20.2. The fourth-order valence-electron chi connectivity index (χ4n) is 0. The van der Waals surface area contributed by atoms with Gasteiger partial charge in [0.2, 0.25) is 0 Å². The first kappa shape index (κ1) is 38.1. The van der Waals surface area contributed by atoms with Gasteiger partial charge in [0.25, 0.3) is 0 Å². The Labute approximate surface area is 60.4 Å². The van der Waals surface area contributed by atoms with Gasteiger partial charge in [-0.25, -0.2) is 0 Å². The molecule has 0 fully saturated rings. The fourth-order valence-corrected chi connectivity index (χ4v) is 0. The minimum atomic E-state index is 0. The maximum Gasteiger partial charge on any atom is 0 e. The Morgan fingerprint density at radius 3 is 1.00 bits per heavy atom. The molecule has 0 bridgehead atoms. The quantitative estimate of drug-likeness (QED) is 0.393. The molecule has 0 N–H and O–H groups in total. The summed E-state index contributed by atoms with van der Waals surface area (Å²) in [6, 6.07) is 0. The summed E-state index contributed by atoms with van der Waals surface area (Å²) in [5, 5.41) is 0. The van der Waals surface area contributed by atoms with Crippen molar-refractivity contribution in [2.45, 2.75) is 0 Å². The molecule has 0 aromatic carbocycles. The topological polar surface area (TPSA) is 0 Å². The summed E-state index contributed by atoms with van der Waals surface area (Å²) < 4.78 is 0. The third-order valence-corrected chi connectivity index (χ3v) is 0. The Bertz CT molecular complexity index is 8.00. The van der Waals surface area contributed by atoms with Crippen LogP contribution >= 0.6 is 9.90 Å². The summed E-state index contributed by atoms with van der Waals surface area (Å²) in [4.78, 5) is 0. The molecule has 0 rings (SSSR count). The van der Waals surface area contributed by atoms with Crippen LogP contribution in [0.3, 0.4) is 0 Å². The number of rotatable bonds is 0. The standard InChI is InChI=1S/Cu.Fe.Ni.H3P/h;;;1H3. The minimum absolute atomic E-state index is 0. The monoisotopic (exact) mass is 211 g/mol. The largest absolute Gasteiger partial charge is 0.153 e. The molecule has 0 heterocycles. The van der Waals surface area contributed by atoms with E-state index in [0.717, 1.165) is 0 Å². The Morgan fingerprint density at radius 1 is 1.00 bits per heavy atom. The van der Waals surface area contributed by atoms with Crippen molar-refractivity contribution in [2.24, 2.45) is 0 Å². The van der Waals surface area contributed by atoms with Gasteiger partial charge in [-0.3, -0.25) is 0 Å². The molecular weight excluding hydrogens is 209 g/mol. The second-order valence-corrected chi connectivity index (χ2v) is 0. The van der Waals surface area contributed by atoms with Gasteiger partial charge >= 0.3 is 0 Å². The molecule has 0 aliphatic carbocycles. The summed E-state index contributed by atoms with van der Waals surface area (Å²) in [7, 11) is 0. The van der Waals surface area contributed by atoms with E-state index in [-0.39, 0.29) is 60.5 Å². The summed E-state index contributed by atoms with van der Waals surface area (Å²) in [5.74, 6) is 0. The predicted octanol–water partition coefficient (Wildman–Crippen LogP) is 0.0506. The maximum atomic E-state index is 0. The summed E-state index contributed by atoms with van der Waals surface area (Å²) in [6.45, 7) is 0. The smallest absolute Gasteiger partial charge is 0 e. The van der Waals surface area contributed by atoms with E-state index in [2.05, 4.69) is 0 Å². The molecule has 0 spiro atoms. The molecular formula is H3CuFeNiP. The van der Waals surface area contributed by atoms with Crippen LogP contribution in [0.15, 0.2) is 0 Å². The molecule has 0 nitrogen and oxygen atoms in total. The molecule has 37 valence electrons. The normalized spacial score (nSPS) is 0. The van der Waals surface area contributed by atoms with Crippen LogP contribution in [0.1, 0.15) is 0 Å². The maximum absolute atomic E-state index is 0. The van der Waals surface area contributed by atoms with E-state index in [1.54, 1.807) is 0 Å². The molecule has 4 heteroatoms. The first-order valence-electron chi connectivity index (χ1n) is 0. The summed E-state index contributed by atoms with van der Waals surface area (Å²) in [6.07, 6.45) is 0. The number of hydrogen-bond donors (Lipinski definition) is 0. The van der Waals surface area contributed by atoms with Crippen LogP contribution in [0.4, 0.5) is 0 Å². The molecule has 0 aliphatic rings. The van der Waals surface area contributed by atoms with Gasteiger partial charge in [-0.1, -0.05) is 0 Å². The van der Waals surface area contributed by atoms with Crippen molar-refractivity contribution in [3.05, 3.63) is 0 Å². The van der Waals surface area contributed by atoms with Crippen molar-refractivity contribution >= 4 is 9.90 Å². The Hall–Kier alpha value is 1.96. The van der Waals surface area contributed by atoms with Crippen molar-refractivity contribution in [3.8, 4) is 0 Å². The van der Waals surface area contributed by atoms with E-state index >= 15 is 0 Å². The molecule has 0 aromatic heterocycles. The molecule has 0 saturated carbocycles. The molecule has 1 atom stereocenters. The molecule has 4 heavy (non-hydrogen) atoms. The Morgan fingerprint density at radius 2 is 1.00 bits per heavy atom. The van der Waals surface area contributed by atoms with Gasteiger partial charge < -0.3 is 0 Å². The zero-order valence-corrected chi connectivity index (χ0v) is 6.13. The van der Waals surface area contributed by atoms with Gasteiger partial charge in [-0.2, -0.15) is 9.90 Å². The van der Waals surface area contributed by atoms with E-state index in [4.69, 9.17) is 0 Å². The number of hydrogen-bond acceptors (Lipinski definition) is 0. The SMILES string of the molecule is P.[Cu].[Fe].[Ni]. The van der Waals surface area contributed by atoms with E-state index in [9.17, 15) is 0 Å². The minimum Gasteiger partial charge on any atom is -0.153 e. The van der Waals surface area contributed by atoms with Crippen LogP contribution in [0, 0.1) is 0 Å². The van der Waals surface area contributed by atoms with Gasteiger partial charge in [-0.05, 0) is 0 Å². The zero-order chi connectivity index (χ0) is 0. The van der Waals surface area contributed by atoms with Crippen LogP contribution in [0.25, 0.3) is 0 Å². The first-order valence-corrected chi connectivity index (χ1v) is 0. The molecule has 0 aromatic rings. The van der Waals surface area contributed by atoms with Crippen molar-refractivity contribution in [3.63, 3.8) is 0 Å². The van der Waals surface area contributed by atoms with Crippen LogP contribution in [0.5, 0.6) is 0 Å². The molecule has 0 aliphatic heterocycles. The molecule has 1 unspecified atom stereocenters. The van der Waals surface area contributed by atoms with E-state index in [0.29, 0.717) is 0 Å². The fraction of sp³-hybridized carbons (Fsp3) is 0. The van der Waals surface area contributed by atoms with Gasteiger partial charge in [0.05, 0.1) is 0 Å². The summed E-state index contributed by atoms with van der Waals surface area (Å²) >= 11 is 0. The van der Waals surface area contributed by atoms with Gasteiger partial charge in [0, 0.05) is 50.6 Å². The van der Waals surface area contributed by atoms with Crippen molar-refractivity contribution in [2.75, 3.05) is 0 Å². The predicted molar refractivity (Wildman–Crippen MR) is 11.1 cm³/mol. The van der Waals surface area contributed by atoms with Crippen molar-refractivity contribution in [1.29, 1.82) is 0 Å². The molecule has 0 saturated heterocycles. The van der Waals surface area contributed by atoms with E-state index < -0.39 is 0 Å². The Balaban J connectivity index is 0.